The molecule has 0 fully saturated rings. The van der Waals surface area contributed by atoms with Crippen molar-refractivity contribution >= 4 is 0 Å². The van der Waals surface area contributed by atoms with Gasteiger partial charge in [0, 0.05) is 0 Å². The molecule has 76 valence electrons. The molecule has 0 bridgehead atoms. The molecular formula is C10H9F3O. The van der Waals surface area contributed by atoms with Crippen LogP contribution in [0.3, 0.4) is 0 Å². The second-order valence-corrected chi connectivity index (χ2v) is 3.49. The number of rotatable bonds is 0. The number of benzene rings is 1. The van der Waals surface area contributed by atoms with E-state index in [9.17, 15) is 18.3 Å². The van der Waals surface area contributed by atoms with E-state index in [-0.39, 0.29) is 0 Å². The molecule has 0 aliphatic heterocycles. The van der Waals surface area contributed by atoms with Gasteiger partial charge in [-0.1, -0.05) is 0 Å². The first kappa shape index (κ1) is 9.37. The molecule has 1 N–H and O–H groups in total. The summed E-state index contributed by atoms with van der Waals surface area (Å²) in [6.45, 7) is 0. The van der Waals surface area contributed by atoms with Gasteiger partial charge in [0.05, 0.1) is 5.56 Å². The van der Waals surface area contributed by atoms with Crippen LogP contribution in [0.4, 0.5) is 13.2 Å². The van der Waals surface area contributed by atoms with Crippen LogP contribution in [-0.2, 0) is 19.0 Å². The molecule has 0 atom stereocenters. The monoisotopic (exact) mass is 202 g/mol. The minimum Gasteiger partial charge on any atom is -0.507 e. The lowest BCUT2D eigenvalue weighted by Gasteiger charge is -2.10. The van der Waals surface area contributed by atoms with E-state index in [1.54, 1.807) is 0 Å². The Morgan fingerprint density at radius 1 is 1.07 bits per heavy atom. The van der Waals surface area contributed by atoms with Crippen molar-refractivity contribution in [2.45, 2.75) is 25.4 Å². The van der Waals surface area contributed by atoms with Crippen LogP contribution in [0, 0.1) is 0 Å². The summed E-state index contributed by atoms with van der Waals surface area (Å²) in [7, 11) is 0. The molecule has 1 aliphatic rings. The van der Waals surface area contributed by atoms with Crippen LogP contribution >= 0.6 is 0 Å². The molecule has 2 rings (SSSR count). The first-order valence-electron chi connectivity index (χ1n) is 4.40. The molecule has 0 radical (unpaired) electrons. The standard InChI is InChI=1S/C10H9F3O/c11-10(12,13)8-4-6-2-1-3-7(6)5-9(8)14/h4-5,14H,1-3H2. The number of fused-ring (bicyclic) bond motifs is 1. The zero-order chi connectivity index (χ0) is 10.3. The van der Waals surface area contributed by atoms with E-state index < -0.39 is 17.5 Å². The first-order valence-corrected chi connectivity index (χ1v) is 4.40. The van der Waals surface area contributed by atoms with Crippen LogP contribution in [0.15, 0.2) is 12.1 Å². The molecule has 14 heavy (non-hydrogen) atoms. The Morgan fingerprint density at radius 2 is 1.64 bits per heavy atom. The Morgan fingerprint density at radius 3 is 2.21 bits per heavy atom. The average Bonchev–Trinajstić information content (AvgIpc) is 2.47. The van der Waals surface area contributed by atoms with Crippen molar-refractivity contribution in [3.05, 3.63) is 28.8 Å². The van der Waals surface area contributed by atoms with Crippen LogP contribution in [-0.4, -0.2) is 5.11 Å². The lowest BCUT2D eigenvalue weighted by atomic mass is 10.1. The van der Waals surface area contributed by atoms with Gasteiger partial charge in [0.25, 0.3) is 0 Å². The fourth-order valence-corrected chi connectivity index (χ4v) is 1.84. The Balaban J connectivity index is 2.53. The predicted molar refractivity (Wildman–Crippen MR) is 45.1 cm³/mol. The van der Waals surface area contributed by atoms with Gasteiger partial charge in [-0.3, -0.25) is 0 Å². The predicted octanol–water partition coefficient (Wildman–Crippen LogP) is 2.90. The number of phenols is 1. The minimum atomic E-state index is -4.46. The Bertz CT molecular complexity index is 368. The molecule has 0 amide bonds. The SMILES string of the molecule is Oc1cc2c(cc1C(F)(F)F)CCC2. The van der Waals surface area contributed by atoms with Gasteiger partial charge in [0.2, 0.25) is 0 Å². The van der Waals surface area contributed by atoms with Crippen molar-refractivity contribution in [3.8, 4) is 5.75 Å². The first-order chi connectivity index (χ1) is 6.48. The van der Waals surface area contributed by atoms with E-state index in [0.717, 1.165) is 30.0 Å². The van der Waals surface area contributed by atoms with Crippen molar-refractivity contribution < 1.29 is 18.3 Å². The largest absolute Gasteiger partial charge is 0.507 e. The number of phenolic OH excluding ortho intramolecular Hbond substituents is 1. The Hall–Kier alpha value is -1.19. The second-order valence-electron chi connectivity index (χ2n) is 3.49. The van der Waals surface area contributed by atoms with Gasteiger partial charge in [-0.15, -0.1) is 0 Å². The maximum Gasteiger partial charge on any atom is 0.419 e. The van der Waals surface area contributed by atoms with Crippen LogP contribution < -0.4 is 0 Å². The third-order valence-corrected chi connectivity index (χ3v) is 2.52. The lowest BCUT2D eigenvalue weighted by Crippen LogP contribution is -2.06. The van der Waals surface area contributed by atoms with Crippen molar-refractivity contribution in [3.63, 3.8) is 0 Å². The summed E-state index contributed by atoms with van der Waals surface area (Å²) in [5.41, 5.74) is 0.642. The van der Waals surface area contributed by atoms with Crippen LogP contribution in [0.5, 0.6) is 5.75 Å². The maximum absolute atomic E-state index is 12.4. The molecule has 0 spiro atoms. The Labute approximate surface area is 79.2 Å². The van der Waals surface area contributed by atoms with Crippen LogP contribution in [0.25, 0.3) is 0 Å². The zero-order valence-electron chi connectivity index (χ0n) is 7.36. The number of hydrogen-bond acceptors (Lipinski definition) is 1. The van der Waals surface area contributed by atoms with Crippen molar-refractivity contribution in [2.24, 2.45) is 0 Å². The molecule has 1 aromatic rings. The van der Waals surface area contributed by atoms with Crippen molar-refractivity contribution in [2.75, 3.05) is 0 Å². The number of alkyl halides is 3. The summed E-state index contributed by atoms with van der Waals surface area (Å²) in [6, 6.07) is 2.31. The van der Waals surface area contributed by atoms with Gasteiger partial charge in [-0.05, 0) is 42.5 Å². The topological polar surface area (TPSA) is 20.2 Å². The van der Waals surface area contributed by atoms with Crippen LogP contribution in [0.2, 0.25) is 0 Å². The quantitative estimate of drug-likeness (QED) is 0.685. The van der Waals surface area contributed by atoms with Gasteiger partial charge >= 0.3 is 6.18 Å². The van der Waals surface area contributed by atoms with E-state index in [4.69, 9.17) is 0 Å². The summed E-state index contributed by atoms with van der Waals surface area (Å²) in [5, 5.41) is 9.19. The molecule has 1 aliphatic carbocycles. The molecule has 1 nitrogen and oxygen atoms in total. The third-order valence-electron chi connectivity index (χ3n) is 2.52. The average molecular weight is 202 g/mol. The molecular weight excluding hydrogens is 193 g/mol. The zero-order valence-corrected chi connectivity index (χ0v) is 7.36. The number of hydrogen-bond donors (Lipinski definition) is 1. The third kappa shape index (κ3) is 1.45. The van der Waals surface area contributed by atoms with Gasteiger partial charge in [0.1, 0.15) is 5.75 Å². The highest BCUT2D eigenvalue weighted by molar-refractivity contribution is 5.45. The molecule has 0 unspecified atom stereocenters. The molecule has 0 saturated carbocycles. The summed E-state index contributed by atoms with van der Waals surface area (Å²) < 4.78 is 37.1. The highest BCUT2D eigenvalue weighted by Gasteiger charge is 2.35. The normalized spacial score (nSPS) is 15.6. The summed E-state index contributed by atoms with van der Waals surface area (Å²) in [6.07, 6.45) is -2.14. The number of aromatic hydroxyl groups is 1. The number of halogens is 3. The van der Waals surface area contributed by atoms with Gasteiger partial charge in [-0.2, -0.15) is 13.2 Å². The van der Waals surface area contributed by atoms with Gasteiger partial charge < -0.3 is 5.11 Å². The summed E-state index contributed by atoms with van der Waals surface area (Å²) >= 11 is 0. The van der Waals surface area contributed by atoms with E-state index in [1.807, 2.05) is 0 Å². The fraction of sp³-hybridized carbons (Fsp3) is 0.400. The lowest BCUT2D eigenvalue weighted by molar-refractivity contribution is -0.138. The fourth-order valence-electron chi connectivity index (χ4n) is 1.84. The van der Waals surface area contributed by atoms with E-state index in [1.165, 1.54) is 6.07 Å². The summed E-state index contributed by atoms with van der Waals surface area (Å²) in [5.74, 6) is -0.654. The number of aryl methyl sites for hydroxylation is 2. The van der Waals surface area contributed by atoms with Crippen molar-refractivity contribution in [1.82, 2.24) is 0 Å². The van der Waals surface area contributed by atoms with Gasteiger partial charge in [0.15, 0.2) is 0 Å². The molecule has 0 saturated heterocycles. The van der Waals surface area contributed by atoms with E-state index in [0.29, 0.717) is 6.42 Å². The Kier molecular flexibility index (Phi) is 1.94. The highest BCUT2D eigenvalue weighted by atomic mass is 19.4. The molecule has 0 aromatic heterocycles. The second kappa shape index (κ2) is 2.90. The van der Waals surface area contributed by atoms with E-state index >= 15 is 0 Å². The highest BCUT2D eigenvalue weighted by Crippen LogP contribution is 2.39. The van der Waals surface area contributed by atoms with Crippen molar-refractivity contribution in [1.29, 1.82) is 0 Å². The minimum absolute atomic E-state index is 0.654. The summed E-state index contributed by atoms with van der Waals surface area (Å²) in [4.78, 5) is 0. The molecule has 1 aromatic carbocycles. The van der Waals surface area contributed by atoms with Gasteiger partial charge in [-0.25, -0.2) is 0 Å². The smallest absolute Gasteiger partial charge is 0.419 e. The molecule has 0 heterocycles. The maximum atomic E-state index is 12.4. The van der Waals surface area contributed by atoms with E-state index in [2.05, 4.69) is 0 Å². The molecule has 4 heteroatoms. The van der Waals surface area contributed by atoms with Crippen LogP contribution in [0.1, 0.15) is 23.1 Å².